The van der Waals surface area contributed by atoms with Crippen molar-refractivity contribution in [2.75, 3.05) is 46.5 Å². The van der Waals surface area contributed by atoms with Gasteiger partial charge in [0.05, 0.1) is 40.0 Å². The van der Waals surface area contributed by atoms with Crippen molar-refractivity contribution in [2.45, 2.75) is 56.7 Å². The lowest BCUT2D eigenvalue weighted by Gasteiger charge is -2.53. The molecule has 3 saturated heterocycles. The highest BCUT2D eigenvalue weighted by Gasteiger charge is 2.48. The number of fused-ring (bicyclic) bond motifs is 3. The first kappa shape index (κ1) is 24.6. The van der Waals surface area contributed by atoms with E-state index in [1.165, 1.54) is 38.8 Å². The van der Waals surface area contributed by atoms with Crippen molar-refractivity contribution in [3.63, 3.8) is 0 Å². The molecule has 5 nitrogen and oxygen atoms in total. The predicted molar refractivity (Wildman–Crippen MR) is 138 cm³/mol. The van der Waals surface area contributed by atoms with E-state index in [9.17, 15) is 5.11 Å². The Morgan fingerprint density at radius 1 is 0.914 bits per heavy atom. The largest absolute Gasteiger partial charge is 0.497 e. The second kappa shape index (κ2) is 10.9. The van der Waals surface area contributed by atoms with Gasteiger partial charge in [-0.05, 0) is 48.6 Å². The Morgan fingerprint density at radius 2 is 1.60 bits per heavy atom. The van der Waals surface area contributed by atoms with Gasteiger partial charge >= 0.3 is 0 Å². The maximum atomic E-state index is 11.9. The normalized spacial score (nSPS) is 28.1. The van der Waals surface area contributed by atoms with Gasteiger partial charge in [-0.3, -0.25) is 0 Å². The van der Waals surface area contributed by atoms with Gasteiger partial charge in [0, 0.05) is 25.2 Å². The zero-order chi connectivity index (χ0) is 24.1. The van der Waals surface area contributed by atoms with Crippen molar-refractivity contribution in [1.82, 2.24) is 0 Å². The van der Waals surface area contributed by atoms with Crippen LogP contribution in [-0.4, -0.2) is 62.2 Å². The van der Waals surface area contributed by atoms with Crippen LogP contribution in [0.2, 0.25) is 0 Å². The van der Waals surface area contributed by atoms with Gasteiger partial charge in [-0.25, -0.2) is 0 Å². The van der Waals surface area contributed by atoms with E-state index in [0.717, 1.165) is 60.5 Å². The second-order valence-electron chi connectivity index (χ2n) is 11.0. The lowest BCUT2D eigenvalue weighted by molar-refractivity contribution is -0.946. The lowest BCUT2D eigenvalue weighted by atomic mass is 9.80. The summed E-state index contributed by atoms with van der Waals surface area (Å²) in [5.41, 5.74) is 0.147. The number of rotatable bonds is 11. The highest BCUT2D eigenvalue weighted by atomic mass is 16.5. The van der Waals surface area contributed by atoms with Gasteiger partial charge in [0.15, 0.2) is 0 Å². The third kappa shape index (κ3) is 5.52. The van der Waals surface area contributed by atoms with Gasteiger partial charge in [-0.1, -0.05) is 43.2 Å². The SMILES string of the molecule is COc1ccc(OCCC[N+]23CCC(CC2)C(OCC(O)(c2ccccc2)C2CCCC2)C3)cc1. The molecule has 1 aliphatic carbocycles. The number of benzene rings is 2. The molecule has 2 atom stereocenters. The molecule has 0 amide bonds. The monoisotopic (exact) mass is 480 g/mol. The Morgan fingerprint density at radius 3 is 2.29 bits per heavy atom. The number of ether oxygens (including phenoxy) is 3. The number of nitrogens with zero attached hydrogens (tertiary/aromatic N) is 1. The molecule has 3 heterocycles. The Hall–Kier alpha value is -2.08. The Labute approximate surface area is 210 Å². The molecule has 2 aromatic carbocycles. The molecular weight excluding hydrogens is 438 g/mol. The number of piperidine rings is 3. The van der Waals surface area contributed by atoms with Crippen LogP contribution in [0.1, 0.15) is 50.5 Å². The summed E-state index contributed by atoms with van der Waals surface area (Å²) in [4.78, 5) is 0. The molecule has 1 saturated carbocycles. The third-order valence-corrected chi connectivity index (χ3v) is 8.97. The summed E-state index contributed by atoms with van der Waals surface area (Å²) in [6, 6.07) is 18.1. The topological polar surface area (TPSA) is 47.9 Å². The Balaban J connectivity index is 1.16. The fraction of sp³-hybridized carbons (Fsp3) is 0.600. The minimum absolute atomic E-state index is 0.247. The summed E-state index contributed by atoms with van der Waals surface area (Å²) in [6.07, 6.45) is 8.37. The molecule has 35 heavy (non-hydrogen) atoms. The number of hydrogen-bond donors (Lipinski definition) is 1. The van der Waals surface area contributed by atoms with E-state index in [-0.39, 0.29) is 6.10 Å². The van der Waals surface area contributed by atoms with Gasteiger partial charge in [-0.15, -0.1) is 0 Å². The molecule has 0 radical (unpaired) electrons. The van der Waals surface area contributed by atoms with Crippen LogP contribution in [0.25, 0.3) is 0 Å². The zero-order valence-corrected chi connectivity index (χ0v) is 21.2. The summed E-state index contributed by atoms with van der Waals surface area (Å²) in [5.74, 6) is 2.68. The van der Waals surface area contributed by atoms with Crippen molar-refractivity contribution in [2.24, 2.45) is 11.8 Å². The van der Waals surface area contributed by atoms with Gasteiger partial charge in [0.25, 0.3) is 0 Å². The molecule has 2 bridgehead atoms. The fourth-order valence-electron chi connectivity index (χ4n) is 6.79. The molecule has 4 aliphatic rings. The Kier molecular flexibility index (Phi) is 7.66. The summed E-state index contributed by atoms with van der Waals surface area (Å²) in [5, 5.41) is 11.9. The van der Waals surface area contributed by atoms with Crippen molar-refractivity contribution in [3.05, 3.63) is 60.2 Å². The first-order valence-electron chi connectivity index (χ1n) is 13.6. The summed E-state index contributed by atoms with van der Waals surface area (Å²) < 4.78 is 19.0. The first-order chi connectivity index (χ1) is 17.1. The molecular formula is C30H42NO4+. The molecule has 0 spiro atoms. The maximum absolute atomic E-state index is 11.9. The van der Waals surface area contributed by atoms with Crippen molar-refractivity contribution in [3.8, 4) is 11.5 Å². The smallest absolute Gasteiger partial charge is 0.119 e. The van der Waals surface area contributed by atoms with Crippen LogP contribution < -0.4 is 9.47 Å². The van der Waals surface area contributed by atoms with E-state index < -0.39 is 5.60 Å². The average Bonchev–Trinajstić information content (AvgIpc) is 3.47. The minimum atomic E-state index is -0.874. The predicted octanol–water partition coefficient (Wildman–Crippen LogP) is 5.17. The zero-order valence-electron chi connectivity index (χ0n) is 21.2. The molecule has 4 fully saturated rings. The standard InChI is InChI=1S/C30H42NO4/c1-33-27-12-14-28(15-13-27)34-21-7-18-31-19-16-24(17-20-31)29(22-31)35-23-30(32,26-10-5-6-11-26)25-8-3-2-4-9-25/h2-4,8-9,12-15,24,26,29,32H,5-7,10-11,16-23H2,1H3/q+1. The van der Waals surface area contributed by atoms with Crippen molar-refractivity contribution in [1.29, 1.82) is 0 Å². The fourth-order valence-corrected chi connectivity index (χ4v) is 6.79. The summed E-state index contributed by atoms with van der Waals surface area (Å²) >= 11 is 0. The van der Waals surface area contributed by atoms with Crippen LogP contribution in [0.15, 0.2) is 54.6 Å². The molecule has 6 rings (SSSR count). The van der Waals surface area contributed by atoms with Gasteiger partial charge in [0.2, 0.25) is 0 Å². The van der Waals surface area contributed by atoms with Crippen LogP contribution in [0.4, 0.5) is 0 Å². The van der Waals surface area contributed by atoms with Crippen LogP contribution in [0.3, 0.4) is 0 Å². The van der Waals surface area contributed by atoms with Crippen molar-refractivity contribution < 1.29 is 23.8 Å². The van der Waals surface area contributed by atoms with Crippen LogP contribution in [-0.2, 0) is 10.3 Å². The van der Waals surface area contributed by atoms with Gasteiger partial charge in [0.1, 0.15) is 29.7 Å². The van der Waals surface area contributed by atoms with Gasteiger partial charge in [-0.2, -0.15) is 0 Å². The highest BCUT2D eigenvalue weighted by Crippen LogP contribution is 2.42. The molecule has 2 aromatic rings. The lowest BCUT2D eigenvalue weighted by Crippen LogP contribution is -2.65. The Bertz CT molecular complexity index is 919. The van der Waals surface area contributed by atoms with Crippen LogP contribution >= 0.6 is 0 Å². The number of aliphatic hydroxyl groups is 1. The third-order valence-electron chi connectivity index (χ3n) is 8.97. The molecule has 0 aromatic heterocycles. The molecule has 3 aliphatic heterocycles. The van der Waals surface area contributed by atoms with E-state index in [1.807, 2.05) is 42.5 Å². The van der Waals surface area contributed by atoms with Crippen LogP contribution in [0.5, 0.6) is 11.5 Å². The van der Waals surface area contributed by atoms with Gasteiger partial charge < -0.3 is 23.8 Å². The molecule has 190 valence electrons. The van der Waals surface area contributed by atoms with Crippen LogP contribution in [0, 0.1) is 11.8 Å². The quantitative estimate of drug-likeness (QED) is 0.356. The minimum Gasteiger partial charge on any atom is -0.497 e. The second-order valence-corrected chi connectivity index (χ2v) is 11.0. The first-order valence-corrected chi connectivity index (χ1v) is 13.6. The summed E-state index contributed by atoms with van der Waals surface area (Å²) in [6.45, 7) is 5.86. The van der Waals surface area contributed by atoms with E-state index in [0.29, 0.717) is 18.4 Å². The number of hydrogen-bond acceptors (Lipinski definition) is 4. The molecule has 2 unspecified atom stereocenters. The molecule has 1 N–H and O–H groups in total. The maximum Gasteiger partial charge on any atom is 0.119 e. The number of quaternary nitrogens is 1. The number of methoxy groups -OCH3 is 1. The highest BCUT2D eigenvalue weighted by molar-refractivity contribution is 5.31. The molecule has 5 heteroatoms. The van der Waals surface area contributed by atoms with E-state index in [2.05, 4.69) is 12.1 Å². The van der Waals surface area contributed by atoms with Crippen molar-refractivity contribution >= 4 is 0 Å². The average molecular weight is 481 g/mol. The van der Waals surface area contributed by atoms with E-state index in [1.54, 1.807) is 7.11 Å². The summed E-state index contributed by atoms with van der Waals surface area (Å²) in [7, 11) is 1.68. The van der Waals surface area contributed by atoms with E-state index in [4.69, 9.17) is 14.2 Å². The van der Waals surface area contributed by atoms with E-state index >= 15 is 0 Å².